The molecule has 1 saturated carbocycles. The summed E-state index contributed by atoms with van der Waals surface area (Å²) in [5.41, 5.74) is 1.07. The third kappa shape index (κ3) is 3.84. The van der Waals surface area contributed by atoms with Gasteiger partial charge < -0.3 is 5.11 Å². The van der Waals surface area contributed by atoms with Crippen LogP contribution < -0.4 is 0 Å². The molecule has 0 saturated heterocycles. The van der Waals surface area contributed by atoms with Gasteiger partial charge in [0.1, 0.15) is 0 Å². The molecule has 1 N–H and O–H groups in total. The van der Waals surface area contributed by atoms with Crippen LogP contribution in [0.25, 0.3) is 0 Å². The molecule has 0 heterocycles. The van der Waals surface area contributed by atoms with E-state index in [1.54, 1.807) is 0 Å². The second-order valence-corrected chi connectivity index (χ2v) is 5.80. The third-order valence-corrected chi connectivity index (χ3v) is 4.58. The van der Waals surface area contributed by atoms with Crippen LogP contribution >= 0.6 is 0 Å². The second-order valence-electron chi connectivity index (χ2n) is 5.80. The second kappa shape index (κ2) is 6.94. The van der Waals surface area contributed by atoms with Gasteiger partial charge >= 0.3 is 0 Å². The molecule has 1 aromatic carbocycles. The first-order valence-corrected chi connectivity index (χ1v) is 7.52. The summed E-state index contributed by atoms with van der Waals surface area (Å²) in [6.07, 6.45) is 8.75. The minimum atomic E-state index is -0.268. The average Bonchev–Trinajstić information content (AvgIpc) is 2.46. The molecule has 1 aromatic rings. The van der Waals surface area contributed by atoms with Crippen LogP contribution in [0.5, 0.6) is 0 Å². The van der Waals surface area contributed by atoms with E-state index in [9.17, 15) is 5.11 Å². The molecule has 0 amide bonds. The minimum absolute atomic E-state index is 0.268. The summed E-state index contributed by atoms with van der Waals surface area (Å²) >= 11 is 0. The van der Waals surface area contributed by atoms with E-state index in [0.29, 0.717) is 0 Å². The van der Waals surface area contributed by atoms with Gasteiger partial charge in [-0.2, -0.15) is 0 Å². The SMILES string of the molecule is CCC1CCC(CCC(O)c2ccccc2)CC1. The number of aliphatic hydroxyl groups excluding tert-OH is 1. The number of hydrogen-bond acceptors (Lipinski definition) is 1. The van der Waals surface area contributed by atoms with Gasteiger partial charge in [0.05, 0.1) is 6.10 Å². The van der Waals surface area contributed by atoms with Crippen molar-refractivity contribution in [2.75, 3.05) is 0 Å². The van der Waals surface area contributed by atoms with Crippen molar-refractivity contribution < 1.29 is 5.11 Å². The van der Waals surface area contributed by atoms with E-state index in [2.05, 4.69) is 6.92 Å². The summed E-state index contributed by atoms with van der Waals surface area (Å²) in [5.74, 6) is 1.83. The average molecular weight is 246 g/mol. The van der Waals surface area contributed by atoms with Crippen LogP contribution in [0.4, 0.5) is 0 Å². The molecule has 18 heavy (non-hydrogen) atoms. The number of aliphatic hydroxyl groups is 1. The molecule has 1 atom stereocenters. The molecule has 0 aromatic heterocycles. The first-order valence-electron chi connectivity index (χ1n) is 7.52. The van der Waals surface area contributed by atoms with Crippen molar-refractivity contribution in [2.24, 2.45) is 11.8 Å². The molecular weight excluding hydrogens is 220 g/mol. The van der Waals surface area contributed by atoms with Crippen molar-refractivity contribution in [1.82, 2.24) is 0 Å². The highest BCUT2D eigenvalue weighted by Gasteiger charge is 2.20. The predicted molar refractivity (Wildman–Crippen MR) is 76.4 cm³/mol. The molecule has 2 rings (SSSR count). The van der Waals surface area contributed by atoms with Gasteiger partial charge in [-0.25, -0.2) is 0 Å². The Morgan fingerprint density at radius 2 is 1.67 bits per heavy atom. The van der Waals surface area contributed by atoms with Gasteiger partial charge in [0, 0.05) is 0 Å². The van der Waals surface area contributed by atoms with Crippen LogP contribution in [-0.2, 0) is 0 Å². The fraction of sp³-hybridized carbons (Fsp3) is 0.647. The van der Waals surface area contributed by atoms with Crippen LogP contribution in [0.1, 0.15) is 63.5 Å². The molecule has 1 heteroatoms. The quantitative estimate of drug-likeness (QED) is 0.797. The monoisotopic (exact) mass is 246 g/mol. The molecule has 1 aliphatic carbocycles. The molecule has 1 fully saturated rings. The van der Waals surface area contributed by atoms with Gasteiger partial charge in [0.2, 0.25) is 0 Å². The van der Waals surface area contributed by atoms with Crippen LogP contribution in [0, 0.1) is 11.8 Å². The Hall–Kier alpha value is -0.820. The summed E-state index contributed by atoms with van der Waals surface area (Å²) in [4.78, 5) is 0. The predicted octanol–water partition coefficient (Wildman–Crippen LogP) is 4.72. The lowest BCUT2D eigenvalue weighted by Gasteiger charge is -2.28. The minimum Gasteiger partial charge on any atom is -0.388 e. The molecule has 0 bridgehead atoms. The molecule has 1 nitrogen and oxygen atoms in total. The standard InChI is InChI=1S/C17H26O/c1-2-14-8-10-15(11-9-14)12-13-17(18)16-6-4-3-5-7-16/h3-7,14-15,17-18H,2,8-13H2,1H3. The molecule has 0 radical (unpaired) electrons. The highest BCUT2D eigenvalue weighted by molar-refractivity contribution is 5.17. The van der Waals surface area contributed by atoms with E-state index in [4.69, 9.17) is 0 Å². The highest BCUT2D eigenvalue weighted by atomic mass is 16.3. The van der Waals surface area contributed by atoms with Crippen molar-refractivity contribution >= 4 is 0 Å². The first kappa shape index (κ1) is 13.6. The normalized spacial score (nSPS) is 25.9. The number of rotatable bonds is 5. The zero-order valence-corrected chi connectivity index (χ0v) is 11.5. The van der Waals surface area contributed by atoms with Crippen LogP contribution in [0.15, 0.2) is 30.3 Å². The molecule has 100 valence electrons. The van der Waals surface area contributed by atoms with Gasteiger partial charge in [0.25, 0.3) is 0 Å². The highest BCUT2D eigenvalue weighted by Crippen LogP contribution is 2.34. The van der Waals surface area contributed by atoms with Gasteiger partial charge in [-0.15, -0.1) is 0 Å². The van der Waals surface area contributed by atoms with E-state index in [1.807, 2.05) is 30.3 Å². The first-order chi connectivity index (χ1) is 8.79. The maximum atomic E-state index is 10.1. The van der Waals surface area contributed by atoms with Gasteiger partial charge in [-0.1, -0.05) is 69.4 Å². The Morgan fingerprint density at radius 3 is 2.28 bits per heavy atom. The fourth-order valence-corrected chi connectivity index (χ4v) is 3.16. The lowest BCUT2D eigenvalue weighted by Crippen LogP contribution is -2.14. The van der Waals surface area contributed by atoms with Crippen molar-refractivity contribution in [3.8, 4) is 0 Å². The van der Waals surface area contributed by atoms with Crippen molar-refractivity contribution in [1.29, 1.82) is 0 Å². The summed E-state index contributed by atoms with van der Waals surface area (Å²) < 4.78 is 0. The molecule has 0 spiro atoms. The zero-order chi connectivity index (χ0) is 12.8. The molecule has 0 aliphatic heterocycles. The van der Waals surface area contributed by atoms with Crippen LogP contribution in [0.3, 0.4) is 0 Å². The Bertz CT molecular complexity index is 325. The Labute approximate surface area is 111 Å². The number of hydrogen-bond donors (Lipinski definition) is 1. The van der Waals surface area contributed by atoms with Crippen molar-refractivity contribution in [3.63, 3.8) is 0 Å². The summed E-state index contributed by atoms with van der Waals surface area (Å²) in [6, 6.07) is 10.1. The molecule has 1 aliphatic rings. The smallest absolute Gasteiger partial charge is 0.0790 e. The lowest BCUT2D eigenvalue weighted by atomic mass is 9.78. The Morgan fingerprint density at radius 1 is 1.06 bits per heavy atom. The Kier molecular flexibility index (Phi) is 5.25. The third-order valence-electron chi connectivity index (χ3n) is 4.58. The number of benzene rings is 1. The van der Waals surface area contributed by atoms with E-state index in [1.165, 1.54) is 38.5 Å². The van der Waals surface area contributed by atoms with E-state index in [0.717, 1.165) is 23.8 Å². The molecular formula is C17H26O. The largest absolute Gasteiger partial charge is 0.388 e. The van der Waals surface area contributed by atoms with E-state index < -0.39 is 0 Å². The van der Waals surface area contributed by atoms with E-state index in [-0.39, 0.29) is 6.10 Å². The fourth-order valence-electron chi connectivity index (χ4n) is 3.16. The summed E-state index contributed by atoms with van der Waals surface area (Å²) in [5, 5.41) is 10.1. The maximum absolute atomic E-state index is 10.1. The van der Waals surface area contributed by atoms with Crippen LogP contribution in [0.2, 0.25) is 0 Å². The molecule has 1 unspecified atom stereocenters. The van der Waals surface area contributed by atoms with Crippen molar-refractivity contribution in [2.45, 2.75) is 58.0 Å². The Balaban J connectivity index is 1.72. The van der Waals surface area contributed by atoms with Gasteiger partial charge in [0.15, 0.2) is 0 Å². The topological polar surface area (TPSA) is 20.2 Å². The maximum Gasteiger partial charge on any atom is 0.0790 e. The zero-order valence-electron chi connectivity index (χ0n) is 11.5. The van der Waals surface area contributed by atoms with Gasteiger partial charge in [-0.05, 0) is 30.2 Å². The van der Waals surface area contributed by atoms with Crippen LogP contribution in [-0.4, -0.2) is 5.11 Å². The van der Waals surface area contributed by atoms with Gasteiger partial charge in [-0.3, -0.25) is 0 Å². The summed E-state index contributed by atoms with van der Waals surface area (Å²) in [6.45, 7) is 2.31. The van der Waals surface area contributed by atoms with Crippen molar-refractivity contribution in [3.05, 3.63) is 35.9 Å². The lowest BCUT2D eigenvalue weighted by molar-refractivity contribution is 0.146. The van der Waals surface area contributed by atoms with E-state index >= 15 is 0 Å². The summed E-state index contributed by atoms with van der Waals surface area (Å²) in [7, 11) is 0.